The van der Waals surface area contributed by atoms with Crippen LogP contribution in [0, 0.1) is 16.0 Å². The van der Waals surface area contributed by atoms with Crippen molar-refractivity contribution >= 4 is 23.2 Å². The Morgan fingerprint density at radius 3 is 2.74 bits per heavy atom. The highest BCUT2D eigenvalue weighted by molar-refractivity contribution is 6.32. The lowest BCUT2D eigenvalue weighted by Gasteiger charge is -2.19. The van der Waals surface area contributed by atoms with Gasteiger partial charge in [-0.25, -0.2) is 4.98 Å². The zero-order valence-electron chi connectivity index (χ0n) is 10.5. The number of aromatic nitrogens is 1. The van der Waals surface area contributed by atoms with Gasteiger partial charge >= 0.3 is 0 Å². The van der Waals surface area contributed by atoms with Crippen molar-refractivity contribution in [2.24, 2.45) is 5.92 Å². The SMILES string of the molecule is CC(C)[C@@H](CO)NC(=O)c1cc([N+](=O)[O-])cnc1Cl. The number of aliphatic hydroxyl groups is 1. The van der Waals surface area contributed by atoms with Gasteiger partial charge in [0.05, 0.1) is 23.1 Å². The smallest absolute Gasteiger partial charge is 0.288 e. The number of nitro groups is 1. The van der Waals surface area contributed by atoms with E-state index in [2.05, 4.69) is 10.3 Å². The van der Waals surface area contributed by atoms with Crippen LogP contribution in [-0.4, -0.2) is 33.6 Å². The molecule has 0 aliphatic heterocycles. The number of hydrogen-bond acceptors (Lipinski definition) is 5. The van der Waals surface area contributed by atoms with Crippen molar-refractivity contribution in [1.29, 1.82) is 0 Å². The number of hydrogen-bond donors (Lipinski definition) is 2. The lowest BCUT2D eigenvalue weighted by atomic mass is 10.1. The summed E-state index contributed by atoms with van der Waals surface area (Å²) in [6.07, 6.45) is 0.977. The average Bonchev–Trinajstić information content (AvgIpc) is 2.35. The number of carbonyl (C=O) groups is 1. The van der Waals surface area contributed by atoms with Crippen molar-refractivity contribution in [3.05, 3.63) is 33.1 Å². The van der Waals surface area contributed by atoms with Crippen LogP contribution >= 0.6 is 11.6 Å². The Balaban J connectivity index is 2.99. The third kappa shape index (κ3) is 3.87. The van der Waals surface area contributed by atoms with Crippen molar-refractivity contribution in [3.63, 3.8) is 0 Å². The largest absolute Gasteiger partial charge is 0.394 e. The van der Waals surface area contributed by atoms with E-state index in [0.717, 1.165) is 12.3 Å². The summed E-state index contributed by atoms with van der Waals surface area (Å²) in [6.45, 7) is 3.42. The van der Waals surface area contributed by atoms with E-state index in [4.69, 9.17) is 16.7 Å². The van der Waals surface area contributed by atoms with Gasteiger partial charge in [-0.05, 0) is 5.92 Å². The third-order valence-electron chi connectivity index (χ3n) is 2.60. The lowest BCUT2D eigenvalue weighted by molar-refractivity contribution is -0.385. The lowest BCUT2D eigenvalue weighted by Crippen LogP contribution is -2.41. The Bertz CT molecular complexity index is 493. The standard InChI is InChI=1S/C11H14ClN3O4/c1-6(2)9(5-16)14-11(17)8-3-7(15(18)19)4-13-10(8)12/h3-4,6,9,16H,5H2,1-2H3,(H,14,17)/t9-/m1/s1. The zero-order chi connectivity index (χ0) is 14.6. The van der Waals surface area contributed by atoms with Crippen molar-refractivity contribution < 1.29 is 14.8 Å². The number of carbonyl (C=O) groups excluding carboxylic acids is 1. The Kier molecular flexibility index (Phi) is 5.20. The predicted octanol–water partition coefficient (Wildman–Crippen LogP) is 1.39. The summed E-state index contributed by atoms with van der Waals surface area (Å²) in [7, 11) is 0. The first-order valence-corrected chi connectivity index (χ1v) is 5.96. The molecule has 0 aliphatic rings. The number of rotatable bonds is 5. The summed E-state index contributed by atoms with van der Waals surface area (Å²) in [4.78, 5) is 25.5. The van der Waals surface area contributed by atoms with Crippen LogP contribution in [-0.2, 0) is 0 Å². The third-order valence-corrected chi connectivity index (χ3v) is 2.90. The van der Waals surface area contributed by atoms with Gasteiger partial charge < -0.3 is 10.4 Å². The molecule has 2 N–H and O–H groups in total. The van der Waals surface area contributed by atoms with Gasteiger partial charge in [-0.3, -0.25) is 14.9 Å². The molecule has 1 heterocycles. The first-order chi connectivity index (χ1) is 8.86. The minimum Gasteiger partial charge on any atom is -0.394 e. The van der Waals surface area contributed by atoms with Crippen LogP contribution in [0.15, 0.2) is 12.3 Å². The maximum Gasteiger partial charge on any atom is 0.288 e. The summed E-state index contributed by atoms with van der Waals surface area (Å²) in [6, 6.07) is 0.599. The van der Waals surface area contributed by atoms with Crippen LogP contribution in [0.4, 0.5) is 5.69 Å². The van der Waals surface area contributed by atoms with Gasteiger partial charge in [0, 0.05) is 6.07 Å². The number of aliphatic hydroxyl groups excluding tert-OH is 1. The summed E-state index contributed by atoms with van der Waals surface area (Å²) in [5, 5.41) is 22.2. The molecule has 1 atom stereocenters. The molecule has 0 aromatic carbocycles. The molecule has 1 amide bonds. The number of halogens is 1. The molecular formula is C11H14ClN3O4. The second kappa shape index (κ2) is 6.44. The first kappa shape index (κ1) is 15.3. The Morgan fingerprint density at radius 2 is 2.26 bits per heavy atom. The van der Waals surface area contributed by atoms with E-state index in [1.807, 2.05) is 13.8 Å². The molecule has 0 fully saturated rings. The molecule has 0 spiro atoms. The first-order valence-electron chi connectivity index (χ1n) is 5.58. The van der Waals surface area contributed by atoms with Crippen LogP contribution in [0.3, 0.4) is 0 Å². The zero-order valence-corrected chi connectivity index (χ0v) is 11.2. The van der Waals surface area contributed by atoms with Crippen LogP contribution in [0.1, 0.15) is 24.2 Å². The normalized spacial score (nSPS) is 12.3. The summed E-state index contributed by atoms with van der Waals surface area (Å²) in [5.74, 6) is -0.590. The molecule has 0 saturated heterocycles. The average molecular weight is 288 g/mol. The van der Waals surface area contributed by atoms with E-state index in [1.165, 1.54) is 0 Å². The number of amides is 1. The Labute approximate surface area is 114 Å². The summed E-state index contributed by atoms with van der Waals surface area (Å²) < 4.78 is 0. The molecule has 0 unspecified atom stereocenters. The Hall–Kier alpha value is -1.73. The van der Waals surface area contributed by atoms with Crippen LogP contribution < -0.4 is 5.32 Å². The van der Waals surface area contributed by atoms with E-state index >= 15 is 0 Å². The van der Waals surface area contributed by atoms with E-state index in [0.29, 0.717) is 0 Å². The highest BCUT2D eigenvalue weighted by Gasteiger charge is 2.21. The summed E-state index contributed by atoms with van der Waals surface area (Å²) >= 11 is 5.74. The maximum absolute atomic E-state index is 11.9. The highest BCUT2D eigenvalue weighted by atomic mass is 35.5. The molecule has 1 rings (SSSR count). The van der Waals surface area contributed by atoms with E-state index < -0.39 is 16.9 Å². The van der Waals surface area contributed by atoms with Crippen LogP contribution in [0.5, 0.6) is 0 Å². The molecular weight excluding hydrogens is 274 g/mol. The minimum atomic E-state index is -0.661. The van der Waals surface area contributed by atoms with Gasteiger partial charge in [0.15, 0.2) is 0 Å². The van der Waals surface area contributed by atoms with Gasteiger partial charge in [0.25, 0.3) is 11.6 Å². The van der Waals surface area contributed by atoms with E-state index in [1.54, 1.807) is 0 Å². The van der Waals surface area contributed by atoms with Crippen LogP contribution in [0.2, 0.25) is 5.15 Å². The Morgan fingerprint density at radius 1 is 1.63 bits per heavy atom. The fourth-order valence-electron chi connectivity index (χ4n) is 1.37. The van der Waals surface area contributed by atoms with Crippen molar-refractivity contribution in [3.8, 4) is 0 Å². The van der Waals surface area contributed by atoms with Gasteiger partial charge in [0.2, 0.25) is 0 Å². The molecule has 104 valence electrons. The number of nitrogens with zero attached hydrogens (tertiary/aromatic N) is 2. The molecule has 1 aromatic heterocycles. The fourth-order valence-corrected chi connectivity index (χ4v) is 1.55. The van der Waals surface area contributed by atoms with Gasteiger partial charge in [-0.1, -0.05) is 25.4 Å². The van der Waals surface area contributed by atoms with Gasteiger partial charge in [-0.15, -0.1) is 0 Å². The molecule has 8 heteroatoms. The fraction of sp³-hybridized carbons (Fsp3) is 0.455. The minimum absolute atomic E-state index is 0.0133. The molecule has 0 saturated carbocycles. The molecule has 0 radical (unpaired) electrons. The second-order valence-corrected chi connectivity index (χ2v) is 4.65. The van der Waals surface area contributed by atoms with Crippen molar-refractivity contribution in [2.45, 2.75) is 19.9 Å². The van der Waals surface area contributed by atoms with Crippen molar-refractivity contribution in [1.82, 2.24) is 10.3 Å². The van der Waals surface area contributed by atoms with E-state index in [-0.39, 0.29) is 28.9 Å². The molecule has 19 heavy (non-hydrogen) atoms. The van der Waals surface area contributed by atoms with Gasteiger partial charge in [-0.2, -0.15) is 0 Å². The van der Waals surface area contributed by atoms with Gasteiger partial charge in [0.1, 0.15) is 11.3 Å². The second-order valence-electron chi connectivity index (χ2n) is 4.30. The molecule has 7 nitrogen and oxygen atoms in total. The van der Waals surface area contributed by atoms with Crippen LogP contribution in [0.25, 0.3) is 0 Å². The predicted molar refractivity (Wildman–Crippen MR) is 69.1 cm³/mol. The molecule has 0 bridgehead atoms. The quantitative estimate of drug-likeness (QED) is 0.483. The summed E-state index contributed by atoms with van der Waals surface area (Å²) in [5.41, 5.74) is -0.408. The molecule has 0 aliphatic carbocycles. The topological polar surface area (TPSA) is 105 Å². The molecule has 1 aromatic rings. The monoisotopic (exact) mass is 287 g/mol. The van der Waals surface area contributed by atoms with Crippen molar-refractivity contribution in [2.75, 3.05) is 6.61 Å². The number of pyridine rings is 1. The maximum atomic E-state index is 11.9. The highest BCUT2D eigenvalue weighted by Crippen LogP contribution is 2.19. The number of nitrogens with one attached hydrogen (secondary N) is 1. The van der Waals surface area contributed by atoms with E-state index in [9.17, 15) is 14.9 Å².